The first-order valence-corrected chi connectivity index (χ1v) is 5.77. The van der Waals surface area contributed by atoms with Gasteiger partial charge < -0.3 is 9.64 Å². The van der Waals surface area contributed by atoms with E-state index in [1.54, 1.807) is 13.2 Å². The Hall–Kier alpha value is -1.42. The van der Waals surface area contributed by atoms with Gasteiger partial charge in [0.15, 0.2) is 6.29 Å². The van der Waals surface area contributed by atoms with E-state index in [1.807, 2.05) is 0 Å². The minimum absolute atomic E-state index is 0.188. The van der Waals surface area contributed by atoms with Gasteiger partial charge in [0, 0.05) is 31.5 Å². The second-order valence-electron chi connectivity index (χ2n) is 4.27. The van der Waals surface area contributed by atoms with Gasteiger partial charge in [-0.3, -0.25) is 4.79 Å². The summed E-state index contributed by atoms with van der Waals surface area (Å²) in [6.45, 7) is 1.63. The minimum Gasteiger partial charge on any atom is -0.380 e. The molecule has 0 aromatic heterocycles. The topological polar surface area (TPSA) is 29.5 Å². The number of methoxy groups -OCH3 is 1. The Balaban J connectivity index is 2.23. The summed E-state index contributed by atoms with van der Waals surface area (Å²) in [5, 5.41) is 0. The molecule has 1 heterocycles. The largest absolute Gasteiger partial charge is 0.380 e. The van der Waals surface area contributed by atoms with E-state index in [1.165, 1.54) is 12.1 Å². The summed E-state index contributed by atoms with van der Waals surface area (Å²) in [6, 6.07) is 4.33. The third-order valence-corrected chi connectivity index (χ3v) is 3.17. The second-order valence-corrected chi connectivity index (χ2v) is 4.27. The normalized spacial score (nSPS) is 20.4. The highest BCUT2D eigenvalue weighted by Crippen LogP contribution is 2.24. The fourth-order valence-electron chi connectivity index (χ4n) is 2.26. The number of piperidine rings is 1. The predicted octanol–water partition coefficient (Wildman–Crippen LogP) is 2.25. The number of carbonyl (C=O) groups is 1. The fraction of sp³-hybridized carbons (Fsp3) is 0.462. The molecule has 1 fully saturated rings. The van der Waals surface area contributed by atoms with Crippen LogP contribution in [0.1, 0.15) is 23.2 Å². The average molecular weight is 237 g/mol. The minimum atomic E-state index is -0.379. The molecule has 0 N–H and O–H groups in total. The molecule has 1 aliphatic rings. The molecule has 0 bridgehead atoms. The molecule has 17 heavy (non-hydrogen) atoms. The van der Waals surface area contributed by atoms with Crippen molar-refractivity contribution in [3.05, 3.63) is 29.6 Å². The third kappa shape index (κ3) is 2.64. The van der Waals surface area contributed by atoms with Crippen LogP contribution < -0.4 is 4.90 Å². The fourth-order valence-corrected chi connectivity index (χ4v) is 2.26. The second kappa shape index (κ2) is 5.27. The van der Waals surface area contributed by atoms with E-state index in [2.05, 4.69) is 4.90 Å². The van der Waals surface area contributed by atoms with Crippen LogP contribution in [-0.4, -0.2) is 32.6 Å². The van der Waals surface area contributed by atoms with Gasteiger partial charge in [-0.1, -0.05) is 0 Å². The molecular weight excluding hydrogens is 221 g/mol. The van der Waals surface area contributed by atoms with E-state index in [4.69, 9.17) is 4.74 Å². The molecule has 4 heteroatoms. The molecule has 2 rings (SSSR count). The SMILES string of the molecule is COC1CCCN(c2ccc(F)cc2C=O)C1. The maximum absolute atomic E-state index is 13.0. The molecule has 1 unspecified atom stereocenters. The lowest BCUT2D eigenvalue weighted by Crippen LogP contribution is -2.39. The number of anilines is 1. The van der Waals surface area contributed by atoms with Crippen molar-refractivity contribution in [2.45, 2.75) is 18.9 Å². The van der Waals surface area contributed by atoms with Crippen molar-refractivity contribution in [3.63, 3.8) is 0 Å². The van der Waals surface area contributed by atoms with Gasteiger partial charge in [0.25, 0.3) is 0 Å². The van der Waals surface area contributed by atoms with Crippen LogP contribution in [0.15, 0.2) is 18.2 Å². The van der Waals surface area contributed by atoms with Crippen LogP contribution in [0.4, 0.5) is 10.1 Å². The molecule has 92 valence electrons. The van der Waals surface area contributed by atoms with Gasteiger partial charge in [-0.05, 0) is 31.0 Å². The van der Waals surface area contributed by atoms with Gasteiger partial charge in [-0.15, -0.1) is 0 Å². The monoisotopic (exact) mass is 237 g/mol. The van der Waals surface area contributed by atoms with Crippen LogP contribution >= 0.6 is 0 Å². The maximum Gasteiger partial charge on any atom is 0.152 e. The summed E-state index contributed by atoms with van der Waals surface area (Å²) in [5.41, 5.74) is 1.20. The van der Waals surface area contributed by atoms with Crippen LogP contribution in [0.3, 0.4) is 0 Å². The zero-order valence-corrected chi connectivity index (χ0v) is 9.86. The number of halogens is 1. The van der Waals surface area contributed by atoms with Gasteiger partial charge in [0.1, 0.15) is 5.82 Å². The Bertz CT molecular complexity index is 408. The molecule has 0 saturated carbocycles. The van der Waals surface area contributed by atoms with E-state index in [-0.39, 0.29) is 11.9 Å². The Morgan fingerprint density at radius 1 is 1.53 bits per heavy atom. The molecular formula is C13H16FNO2. The Kier molecular flexibility index (Phi) is 3.74. The highest BCUT2D eigenvalue weighted by Gasteiger charge is 2.21. The number of aldehydes is 1. The molecule has 1 aromatic rings. The first kappa shape index (κ1) is 12.0. The van der Waals surface area contributed by atoms with Crippen LogP contribution in [0, 0.1) is 5.82 Å². The summed E-state index contributed by atoms with van der Waals surface area (Å²) in [5.74, 6) is -0.379. The number of ether oxygens (including phenoxy) is 1. The number of carbonyl (C=O) groups excluding carboxylic acids is 1. The molecule has 1 aliphatic heterocycles. The first-order valence-electron chi connectivity index (χ1n) is 5.77. The van der Waals surface area contributed by atoms with Crippen molar-refractivity contribution in [1.29, 1.82) is 0 Å². The predicted molar refractivity (Wildman–Crippen MR) is 64.0 cm³/mol. The van der Waals surface area contributed by atoms with Crippen molar-refractivity contribution < 1.29 is 13.9 Å². The lowest BCUT2D eigenvalue weighted by atomic mass is 10.1. The van der Waals surface area contributed by atoms with Crippen molar-refractivity contribution in [1.82, 2.24) is 0 Å². The standard InChI is InChI=1S/C13H16FNO2/c1-17-12-3-2-6-15(8-12)13-5-4-11(14)7-10(13)9-16/h4-5,7,9,12H,2-3,6,8H2,1H3. The van der Waals surface area contributed by atoms with Crippen LogP contribution in [0.25, 0.3) is 0 Å². The van der Waals surface area contributed by atoms with E-state index >= 15 is 0 Å². The number of nitrogens with zero attached hydrogens (tertiary/aromatic N) is 1. The number of hydrogen-bond acceptors (Lipinski definition) is 3. The number of benzene rings is 1. The van der Waals surface area contributed by atoms with Crippen molar-refractivity contribution in [2.24, 2.45) is 0 Å². The van der Waals surface area contributed by atoms with Gasteiger partial charge in [0.05, 0.1) is 6.10 Å². The Morgan fingerprint density at radius 2 is 2.35 bits per heavy atom. The van der Waals surface area contributed by atoms with E-state index in [0.29, 0.717) is 11.8 Å². The molecule has 1 saturated heterocycles. The highest BCUT2D eigenvalue weighted by molar-refractivity contribution is 5.84. The third-order valence-electron chi connectivity index (χ3n) is 3.17. The van der Waals surface area contributed by atoms with Crippen LogP contribution in [-0.2, 0) is 4.74 Å². The molecule has 3 nitrogen and oxygen atoms in total. The number of rotatable bonds is 3. The van der Waals surface area contributed by atoms with Crippen LogP contribution in [0.5, 0.6) is 0 Å². The smallest absolute Gasteiger partial charge is 0.152 e. The molecule has 0 amide bonds. The first-order chi connectivity index (χ1) is 8.24. The lowest BCUT2D eigenvalue weighted by molar-refractivity contribution is 0.0892. The van der Waals surface area contributed by atoms with E-state index in [9.17, 15) is 9.18 Å². The summed E-state index contributed by atoms with van der Waals surface area (Å²) in [6.07, 6.45) is 2.95. The van der Waals surface area contributed by atoms with Crippen molar-refractivity contribution in [2.75, 3.05) is 25.1 Å². The van der Waals surface area contributed by atoms with Crippen molar-refractivity contribution >= 4 is 12.0 Å². The molecule has 0 aliphatic carbocycles. The Labute approximate surface area is 100 Å². The van der Waals surface area contributed by atoms with E-state index in [0.717, 1.165) is 31.6 Å². The maximum atomic E-state index is 13.0. The summed E-state index contributed by atoms with van der Waals surface area (Å²) in [7, 11) is 1.69. The Morgan fingerprint density at radius 3 is 3.06 bits per heavy atom. The molecule has 1 atom stereocenters. The summed E-state index contributed by atoms with van der Waals surface area (Å²) >= 11 is 0. The molecule has 0 radical (unpaired) electrons. The zero-order valence-electron chi connectivity index (χ0n) is 9.86. The summed E-state index contributed by atoms with van der Waals surface area (Å²) in [4.78, 5) is 13.0. The number of hydrogen-bond donors (Lipinski definition) is 0. The quantitative estimate of drug-likeness (QED) is 0.755. The van der Waals surface area contributed by atoms with Gasteiger partial charge >= 0.3 is 0 Å². The summed E-state index contributed by atoms with van der Waals surface area (Å²) < 4.78 is 18.4. The van der Waals surface area contributed by atoms with Gasteiger partial charge in [-0.2, -0.15) is 0 Å². The zero-order chi connectivity index (χ0) is 12.3. The van der Waals surface area contributed by atoms with Gasteiger partial charge in [-0.25, -0.2) is 4.39 Å². The van der Waals surface area contributed by atoms with E-state index < -0.39 is 0 Å². The average Bonchev–Trinajstić information content (AvgIpc) is 2.38. The van der Waals surface area contributed by atoms with Crippen LogP contribution in [0.2, 0.25) is 0 Å². The van der Waals surface area contributed by atoms with Crippen molar-refractivity contribution in [3.8, 4) is 0 Å². The molecule has 1 aromatic carbocycles. The highest BCUT2D eigenvalue weighted by atomic mass is 19.1. The van der Waals surface area contributed by atoms with Gasteiger partial charge in [0.2, 0.25) is 0 Å². The lowest BCUT2D eigenvalue weighted by Gasteiger charge is -2.34. The molecule has 0 spiro atoms.